The molecule has 0 aliphatic carbocycles. The number of fused-ring (bicyclic) bond motifs is 1. The maximum Gasteiger partial charge on any atom is 0.219 e. The Morgan fingerprint density at radius 3 is 2.72 bits per heavy atom. The predicted molar refractivity (Wildman–Crippen MR) is 110 cm³/mol. The quantitative estimate of drug-likeness (QED) is 0.764. The van der Waals surface area contributed by atoms with E-state index in [1.54, 1.807) is 20.4 Å². The summed E-state index contributed by atoms with van der Waals surface area (Å²) in [6.07, 6.45) is 1.55. The lowest BCUT2D eigenvalue weighted by atomic mass is 9.89. The predicted octanol–water partition coefficient (Wildman–Crippen LogP) is 1.55. The van der Waals surface area contributed by atoms with Crippen molar-refractivity contribution in [3.8, 4) is 5.75 Å². The molecule has 3 atom stereocenters. The Balaban J connectivity index is 1.56. The standard InChI is InChI=1S/C21H27N5O3/c1-14(28)26-11-16-10-25(20-9-19(22-7-8-27)23-13-24-20)12-18(16)21(26)15-3-5-17(29-2)6-4-15/h3-6,9,13,16,18,21,27H,7-8,10-12H2,1-2H3,(H,22,23,24)/t16-,18-,21+/m1/s1. The first-order chi connectivity index (χ1) is 14.1. The summed E-state index contributed by atoms with van der Waals surface area (Å²) in [5.74, 6) is 3.25. The SMILES string of the molecule is COc1ccc([C@H]2[C@@H]3CN(c4cc(NCCO)ncn4)C[C@@H]3CN2C(C)=O)cc1. The fraction of sp³-hybridized carbons (Fsp3) is 0.476. The molecule has 29 heavy (non-hydrogen) atoms. The van der Waals surface area contributed by atoms with Crippen molar-refractivity contribution < 1.29 is 14.6 Å². The fourth-order valence-corrected chi connectivity index (χ4v) is 4.59. The van der Waals surface area contributed by atoms with Crippen molar-refractivity contribution in [2.45, 2.75) is 13.0 Å². The van der Waals surface area contributed by atoms with E-state index in [9.17, 15) is 4.79 Å². The summed E-state index contributed by atoms with van der Waals surface area (Å²) in [7, 11) is 1.66. The van der Waals surface area contributed by atoms with Gasteiger partial charge in [-0.15, -0.1) is 0 Å². The number of rotatable bonds is 6. The largest absolute Gasteiger partial charge is 0.497 e. The van der Waals surface area contributed by atoms with Crippen molar-refractivity contribution in [2.75, 3.05) is 50.1 Å². The minimum atomic E-state index is 0.0532. The zero-order chi connectivity index (χ0) is 20.4. The van der Waals surface area contributed by atoms with Crippen LogP contribution >= 0.6 is 0 Å². The summed E-state index contributed by atoms with van der Waals surface area (Å²) in [5.41, 5.74) is 1.14. The van der Waals surface area contributed by atoms with Gasteiger partial charge in [-0.1, -0.05) is 12.1 Å². The molecule has 1 aromatic carbocycles. The highest BCUT2D eigenvalue weighted by Gasteiger charge is 2.48. The lowest BCUT2D eigenvalue weighted by molar-refractivity contribution is -0.130. The number of benzene rings is 1. The second kappa shape index (κ2) is 8.24. The van der Waals surface area contributed by atoms with Gasteiger partial charge < -0.3 is 25.0 Å². The second-order valence-electron chi connectivity index (χ2n) is 7.63. The molecule has 3 heterocycles. The summed E-state index contributed by atoms with van der Waals surface area (Å²) >= 11 is 0. The molecule has 4 rings (SSSR count). The first-order valence-electron chi connectivity index (χ1n) is 9.93. The molecule has 1 aromatic heterocycles. The Hall–Kier alpha value is -2.87. The fourth-order valence-electron chi connectivity index (χ4n) is 4.59. The minimum absolute atomic E-state index is 0.0532. The molecule has 2 aliphatic heterocycles. The number of methoxy groups -OCH3 is 1. The molecule has 1 amide bonds. The number of aliphatic hydroxyl groups is 1. The van der Waals surface area contributed by atoms with Crippen molar-refractivity contribution in [3.63, 3.8) is 0 Å². The molecular formula is C21H27N5O3. The van der Waals surface area contributed by atoms with E-state index >= 15 is 0 Å². The molecule has 0 spiro atoms. The van der Waals surface area contributed by atoms with Crippen LogP contribution < -0.4 is 15.0 Å². The van der Waals surface area contributed by atoms with Gasteiger partial charge >= 0.3 is 0 Å². The first-order valence-corrected chi connectivity index (χ1v) is 9.93. The summed E-state index contributed by atoms with van der Waals surface area (Å²) in [5, 5.41) is 12.1. The molecule has 0 saturated carbocycles. The lowest BCUT2D eigenvalue weighted by Crippen LogP contribution is -2.34. The summed E-state index contributed by atoms with van der Waals surface area (Å²) in [6.45, 7) is 4.61. The smallest absolute Gasteiger partial charge is 0.219 e. The third-order valence-corrected chi connectivity index (χ3v) is 5.92. The average Bonchev–Trinajstić information content (AvgIpc) is 3.31. The molecule has 2 saturated heterocycles. The maximum atomic E-state index is 12.3. The number of aromatic nitrogens is 2. The van der Waals surface area contributed by atoms with E-state index in [1.165, 1.54) is 0 Å². The molecule has 2 aliphatic rings. The summed E-state index contributed by atoms with van der Waals surface area (Å²) in [6, 6.07) is 10.0. The third kappa shape index (κ3) is 3.85. The van der Waals surface area contributed by atoms with Crippen LogP contribution in [0.25, 0.3) is 0 Å². The van der Waals surface area contributed by atoms with Crippen molar-refractivity contribution in [1.82, 2.24) is 14.9 Å². The Morgan fingerprint density at radius 1 is 1.24 bits per heavy atom. The molecule has 154 valence electrons. The topological polar surface area (TPSA) is 90.8 Å². The van der Waals surface area contributed by atoms with Crippen LogP contribution in [0.3, 0.4) is 0 Å². The van der Waals surface area contributed by atoms with Gasteiger partial charge in [0.25, 0.3) is 0 Å². The highest BCUT2D eigenvalue weighted by Crippen LogP contribution is 2.46. The van der Waals surface area contributed by atoms with Gasteiger partial charge in [0.15, 0.2) is 0 Å². The average molecular weight is 397 g/mol. The van der Waals surface area contributed by atoms with Crippen molar-refractivity contribution in [3.05, 3.63) is 42.2 Å². The number of nitrogens with one attached hydrogen (secondary N) is 1. The molecule has 0 radical (unpaired) electrons. The molecule has 2 N–H and O–H groups in total. The summed E-state index contributed by atoms with van der Waals surface area (Å²) < 4.78 is 5.28. The summed E-state index contributed by atoms with van der Waals surface area (Å²) in [4.78, 5) is 25.3. The van der Waals surface area contributed by atoms with E-state index in [2.05, 4.69) is 32.3 Å². The monoisotopic (exact) mass is 397 g/mol. The molecule has 8 nitrogen and oxygen atoms in total. The molecule has 2 aromatic rings. The number of aliphatic hydroxyl groups excluding tert-OH is 1. The molecule has 0 unspecified atom stereocenters. The number of anilines is 2. The second-order valence-corrected chi connectivity index (χ2v) is 7.63. The van der Waals surface area contributed by atoms with Crippen molar-refractivity contribution in [1.29, 1.82) is 0 Å². The van der Waals surface area contributed by atoms with Crippen LogP contribution in [0.4, 0.5) is 11.6 Å². The van der Waals surface area contributed by atoms with Gasteiger partial charge in [-0.2, -0.15) is 0 Å². The van der Waals surface area contributed by atoms with E-state index in [0.717, 1.165) is 36.8 Å². The number of hydrogen-bond donors (Lipinski definition) is 2. The zero-order valence-corrected chi connectivity index (χ0v) is 16.8. The lowest BCUT2D eigenvalue weighted by Gasteiger charge is -2.29. The normalized spacial score (nSPS) is 23.2. The minimum Gasteiger partial charge on any atom is -0.497 e. The van der Waals surface area contributed by atoms with Gasteiger partial charge in [0.2, 0.25) is 5.91 Å². The van der Waals surface area contributed by atoms with Gasteiger partial charge in [-0.3, -0.25) is 4.79 Å². The van der Waals surface area contributed by atoms with Crippen LogP contribution in [0, 0.1) is 11.8 Å². The van der Waals surface area contributed by atoms with Gasteiger partial charge in [-0.25, -0.2) is 9.97 Å². The van der Waals surface area contributed by atoms with E-state index < -0.39 is 0 Å². The molecule has 8 heteroatoms. The number of amides is 1. The number of ether oxygens (including phenoxy) is 1. The highest BCUT2D eigenvalue weighted by atomic mass is 16.5. The van der Waals surface area contributed by atoms with Crippen LogP contribution in [0.2, 0.25) is 0 Å². The van der Waals surface area contributed by atoms with Crippen LogP contribution in [-0.4, -0.2) is 65.8 Å². The number of hydrogen-bond acceptors (Lipinski definition) is 7. The van der Waals surface area contributed by atoms with Gasteiger partial charge in [0.05, 0.1) is 19.8 Å². The molecule has 0 bridgehead atoms. The van der Waals surface area contributed by atoms with Crippen LogP contribution in [0.5, 0.6) is 5.75 Å². The van der Waals surface area contributed by atoms with Crippen LogP contribution in [0.15, 0.2) is 36.7 Å². The zero-order valence-electron chi connectivity index (χ0n) is 16.8. The number of carbonyl (C=O) groups excluding carboxylic acids is 1. The number of nitrogens with zero attached hydrogens (tertiary/aromatic N) is 4. The third-order valence-electron chi connectivity index (χ3n) is 5.92. The Labute approximate surface area is 170 Å². The maximum absolute atomic E-state index is 12.3. The van der Waals surface area contributed by atoms with E-state index in [4.69, 9.17) is 9.84 Å². The van der Waals surface area contributed by atoms with E-state index in [0.29, 0.717) is 24.2 Å². The van der Waals surface area contributed by atoms with Gasteiger partial charge in [0, 0.05) is 51.0 Å². The van der Waals surface area contributed by atoms with Crippen LogP contribution in [0.1, 0.15) is 18.5 Å². The van der Waals surface area contributed by atoms with Crippen molar-refractivity contribution >= 4 is 17.5 Å². The van der Waals surface area contributed by atoms with Crippen LogP contribution in [-0.2, 0) is 4.79 Å². The Bertz CT molecular complexity index is 860. The Kier molecular flexibility index (Phi) is 5.53. The van der Waals surface area contributed by atoms with E-state index in [-0.39, 0.29) is 18.6 Å². The van der Waals surface area contributed by atoms with Crippen molar-refractivity contribution in [2.24, 2.45) is 11.8 Å². The molecule has 2 fully saturated rings. The Morgan fingerprint density at radius 2 is 2.03 bits per heavy atom. The molecular weight excluding hydrogens is 370 g/mol. The first kappa shape index (κ1) is 19.4. The van der Waals surface area contributed by atoms with Gasteiger partial charge in [0.1, 0.15) is 23.7 Å². The number of carbonyl (C=O) groups is 1. The van der Waals surface area contributed by atoms with Gasteiger partial charge in [-0.05, 0) is 17.7 Å². The number of likely N-dealkylation sites (tertiary alicyclic amines) is 1. The van der Waals surface area contributed by atoms with E-state index in [1.807, 2.05) is 23.1 Å². The highest BCUT2D eigenvalue weighted by molar-refractivity contribution is 5.74.